The smallest absolute Gasteiger partial charge is 0.137 e. The molecule has 8 atom stereocenters. The van der Waals surface area contributed by atoms with Gasteiger partial charge in [-0.2, -0.15) is 0 Å². The van der Waals surface area contributed by atoms with E-state index in [-0.39, 0.29) is 11.2 Å². The highest BCUT2D eigenvalue weighted by Gasteiger charge is 2.59. The van der Waals surface area contributed by atoms with Crippen LogP contribution in [0.5, 0.6) is 0 Å². The molecule has 2 aliphatic carbocycles. The molecule has 4 heteroatoms. The fourth-order valence-electron chi connectivity index (χ4n) is 8.09. The predicted molar refractivity (Wildman–Crippen MR) is 122 cm³/mol. The van der Waals surface area contributed by atoms with E-state index in [1.54, 1.807) is 0 Å². The molecule has 0 spiro atoms. The SMILES string of the molecule is CC(C)CCC1CC(CC2CCC(N)[NH2+]C2)CC(C23CCC(C([NH3+])C2)C(C)(C)O3)C1. The Morgan fingerprint density at radius 1 is 1.07 bits per heavy atom. The maximum Gasteiger partial charge on any atom is 0.137 e. The minimum atomic E-state index is 0.0117. The van der Waals surface area contributed by atoms with Crippen molar-refractivity contribution in [2.75, 3.05) is 6.54 Å². The minimum Gasteiger partial charge on any atom is -0.368 e. The van der Waals surface area contributed by atoms with Crippen molar-refractivity contribution in [1.82, 2.24) is 0 Å². The molecule has 7 N–H and O–H groups in total. The van der Waals surface area contributed by atoms with Gasteiger partial charge in [-0.05, 0) is 82.5 Å². The van der Waals surface area contributed by atoms with E-state index in [0.717, 1.165) is 29.6 Å². The summed E-state index contributed by atoms with van der Waals surface area (Å²) in [6.07, 6.45) is 15.2. The molecule has 8 unspecified atom stereocenters. The van der Waals surface area contributed by atoms with Crippen LogP contribution >= 0.6 is 0 Å². The second kappa shape index (κ2) is 9.00. The summed E-state index contributed by atoms with van der Waals surface area (Å²) in [6, 6.07) is 0.575. The Kier molecular flexibility index (Phi) is 6.90. The van der Waals surface area contributed by atoms with E-state index in [4.69, 9.17) is 10.5 Å². The van der Waals surface area contributed by atoms with Gasteiger partial charge >= 0.3 is 0 Å². The zero-order chi connectivity index (χ0) is 21.5. The molecule has 30 heavy (non-hydrogen) atoms. The predicted octanol–water partition coefficient (Wildman–Crippen LogP) is 3.06. The summed E-state index contributed by atoms with van der Waals surface area (Å²) in [5.41, 5.74) is 10.9. The second-order valence-corrected chi connectivity index (χ2v) is 12.8. The van der Waals surface area contributed by atoms with Crippen LogP contribution in [-0.4, -0.2) is 30.0 Å². The minimum absolute atomic E-state index is 0.0117. The summed E-state index contributed by atoms with van der Waals surface area (Å²) in [7, 11) is 0. The lowest BCUT2D eigenvalue weighted by atomic mass is 9.57. The van der Waals surface area contributed by atoms with Crippen molar-refractivity contribution in [1.29, 1.82) is 0 Å². The van der Waals surface area contributed by atoms with Gasteiger partial charge in [0.05, 0.1) is 23.8 Å². The molecule has 4 nitrogen and oxygen atoms in total. The normalized spacial score (nSPS) is 46.3. The third-order valence-corrected chi connectivity index (χ3v) is 9.56. The number of nitrogens with two attached hydrogens (primary N) is 2. The van der Waals surface area contributed by atoms with E-state index in [0.29, 0.717) is 18.1 Å². The third-order valence-electron chi connectivity index (χ3n) is 9.56. The molecule has 2 saturated carbocycles. The first kappa shape index (κ1) is 23.0. The van der Waals surface area contributed by atoms with E-state index in [1.165, 1.54) is 77.2 Å². The van der Waals surface area contributed by atoms with Crippen LogP contribution in [-0.2, 0) is 4.74 Å². The molecule has 174 valence electrons. The molecule has 0 aromatic heterocycles. The van der Waals surface area contributed by atoms with E-state index in [2.05, 4.69) is 38.7 Å². The number of rotatable bonds is 6. The molecule has 5 fully saturated rings. The highest BCUT2D eigenvalue weighted by atomic mass is 16.5. The average molecular weight is 422 g/mol. The molecule has 3 heterocycles. The van der Waals surface area contributed by atoms with Gasteiger partial charge in [-0.3, -0.25) is 5.73 Å². The van der Waals surface area contributed by atoms with Crippen LogP contribution in [0.2, 0.25) is 0 Å². The Balaban J connectivity index is 1.48. The fourth-order valence-corrected chi connectivity index (χ4v) is 8.09. The van der Waals surface area contributed by atoms with Crippen LogP contribution in [0.4, 0.5) is 0 Å². The number of ether oxygens (including phenoxy) is 1. The van der Waals surface area contributed by atoms with Crippen molar-refractivity contribution >= 4 is 0 Å². The lowest BCUT2D eigenvalue weighted by Gasteiger charge is -2.60. The summed E-state index contributed by atoms with van der Waals surface area (Å²) in [6.45, 7) is 10.7. The van der Waals surface area contributed by atoms with Crippen molar-refractivity contribution in [3.63, 3.8) is 0 Å². The number of hydrogen-bond acceptors (Lipinski definition) is 2. The van der Waals surface area contributed by atoms with Gasteiger partial charge in [-0.15, -0.1) is 0 Å². The van der Waals surface area contributed by atoms with Crippen LogP contribution in [0.1, 0.15) is 98.3 Å². The first-order chi connectivity index (χ1) is 14.2. The van der Waals surface area contributed by atoms with Crippen molar-refractivity contribution in [3.8, 4) is 0 Å². The number of quaternary nitrogens is 2. The third kappa shape index (κ3) is 4.92. The van der Waals surface area contributed by atoms with Gasteiger partial charge in [0.2, 0.25) is 0 Å². The fraction of sp³-hybridized carbons (Fsp3) is 1.00. The Morgan fingerprint density at radius 2 is 1.83 bits per heavy atom. The number of piperidine rings is 1. The van der Waals surface area contributed by atoms with Gasteiger partial charge in [0.1, 0.15) is 6.17 Å². The second-order valence-electron chi connectivity index (χ2n) is 12.8. The van der Waals surface area contributed by atoms with Gasteiger partial charge < -0.3 is 15.8 Å². The van der Waals surface area contributed by atoms with Crippen LogP contribution < -0.4 is 16.8 Å². The molecular formula is C26H51N3O+2. The zero-order valence-electron chi connectivity index (χ0n) is 20.4. The quantitative estimate of drug-likeness (QED) is 0.616. The molecule has 5 rings (SSSR count). The van der Waals surface area contributed by atoms with Crippen LogP contribution in [0.3, 0.4) is 0 Å². The summed E-state index contributed by atoms with van der Waals surface area (Å²) in [5.74, 6) is 4.87. The topological polar surface area (TPSA) is 79.5 Å². The monoisotopic (exact) mass is 421 g/mol. The first-order valence-electron chi connectivity index (χ1n) is 13.3. The number of hydrogen-bond donors (Lipinski definition) is 3. The molecule has 3 saturated heterocycles. The Bertz CT molecular complexity index is 571. The zero-order valence-corrected chi connectivity index (χ0v) is 20.4. The molecule has 3 aliphatic heterocycles. The van der Waals surface area contributed by atoms with Crippen molar-refractivity contribution < 1.29 is 15.8 Å². The summed E-state index contributed by atoms with van der Waals surface area (Å²) >= 11 is 0. The highest BCUT2D eigenvalue weighted by Crippen LogP contribution is 2.56. The van der Waals surface area contributed by atoms with Crippen molar-refractivity contribution in [3.05, 3.63) is 0 Å². The summed E-state index contributed by atoms with van der Waals surface area (Å²) < 4.78 is 7.03. The molecule has 0 aromatic rings. The van der Waals surface area contributed by atoms with Gasteiger partial charge in [0, 0.05) is 24.7 Å². The largest absolute Gasteiger partial charge is 0.368 e. The summed E-state index contributed by atoms with van der Waals surface area (Å²) in [5, 5.41) is 2.39. The molecule has 0 radical (unpaired) electrons. The van der Waals surface area contributed by atoms with Gasteiger partial charge in [0.25, 0.3) is 0 Å². The molecule has 0 amide bonds. The van der Waals surface area contributed by atoms with Crippen LogP contribution in [0, 0.1) is 35.5 Å². The molecule has 5 aliphatic rings. The van der Waals surface area contributed by atoms with Crippen molar-refractivity contribution in [2.24, 2.45) is 41.2 Å². The maximum atomic E-state index is 7.03. The van der Waals surface area contributed by atoms with E-state index in [9.17, 15) is 0 Å². The standard InChI is InChI=1S/C26H49N3O/c1-17(2)5-6-18-11-20(12-19-7-8-24(28)29-16-19)14-21(13-18)26-10-9-22(23(27)15-26)25(3,4)30-26/h17-24,29H,5-16,27-28H2,1-4H3/p+2. The van der Waals surface area contributed by atoms with Crippen molar-refractivity contribution in [2.45, 2.75) is 122 Å². The van der Waals surface area contributed by atoms with Gasteiger partial charge in [-0.25, -0.2) is 0 Å². The lowest BCUT2D eigenvalue weighted by Crippen LogP contribution is -2.95. The summed E-state index contributed by atoms with van der Waals surface area (Å²) in [4.78, 5) is 0. The Morgan fingerprint density at radius 3 is 2.47 bits per heavy atom. The Hall–Kier alpha value is -0.160. The molecule has 2 bridgehead atoms. The average Bonchev–Trinajstić information content (AvgIpc) is 2.67. The van der Waals surface area contributed by atoms with E-state index < -0.39 is 0 Å². The van der Waals surface area contributed by atoms with E-state index >= 15 is 0 Å². The lowest BCUT2D eigenvalue weighted by molar-refractivity contribution is -0.703. The van der Waals surface area contributed by atoms with Gasteiger partial charge in [-0.1, -0.05) is 26.7 Å². The maximum absolute atomic E-state index is 7.03. The first-order valence-corrected chi connectivity index (χ1v) is 13.3. The van der Waals surface area contributed by atoms with Gasteiger partial charge in [0.15, 0.2) is 0 Å². The van der Waals surface area contributed by atoms with Crippen LogP contribution in [0.25, 0.3) is 0 Å². The Labute approximate surface area is 185 Å². The highest BCUT2D eigenvalue weighted by molar-refractivity contribution is 5.07. The molecular weight excluding hydrogens is 370 g/mol. The number of fused-ring (bicyclic) bond motifs is 3. The van der Waals surface area contributed by atoms with E-state index in [1.807, 2.05) is 0 Å². The van der Waals surface area contributed by atoms with Crippen LogP contribution in [0.15, 0.2) is 0 Å². The molecule has 0 aromatic carbocycles.